The van der Waals surface area contributed by atoms with Gasteiger partial charge in [-0.1, -0.05) is 38.8 Å². The molecule has 0 amide bonds. The summed E-state index contributed by atoms with van der Waals surface area (Å²) in [5.41, 5.74) is 1.39. The Balaban J connectivity index is 1.91. The van der Waals surface area contributed by atoms with Crippen LogP contribution in [0.1, 0.15) is 58.1 Å². The van der Waals surface area contributed by atoms with Gasteiger partial charge in [0.25, 0.3) is 0 Å². The Labute approximate surface area is 122 Å². The minimum atomic E-state index is 0.457. The third kappa shape index (κ3) is 4.54. The van der Waals surface area contributed by atoms with Gasteiger partial charge in [0, 0.05) is 16.2 Å². The molecule has 1 aromatic rings. The molecule has 0 heterocycles. The van der Waals surface area contributed by atoms with Crippen LogP contribution < -0.4 is 5.32 Å². The highest BCUT2D eigenvalue weighted by atomic mass is 32.2. The van der Waals surface area contributed by atoms with Crippen LogP contribution in [0.5, 0.6) is 0 Å². The molecule has 3 unspecified atom stereocenters. The molecule has 1 aromatic carbocycles. The van der Waals surface area contributed by atoms with Gasteiger partial charge in [-0.25, -0.2) is 0 Å². The van der Waals surface area contributed by atoms with Crippen molar-refractivity contribution in [2.24, 2.45) is 5.92 Å². The molecular formula is C17H27NS. The first kappa shape index (κ1) is 14.9. The molecule has 0 aliphatic heterocycles. The fraction of sp³-hybridized carbons (Fsp3) is 0.647. The first-order chi connectivity index (χ1) is 9.19. The van der Waals surface area contributed by atoms with Gasteiger partial charge in [-0.05, 0) is 49.9 Å². The van der Waals surface area contributed by atoms with E-state index >= 15 is 0 Å². The van der Waals surface area contributed by atoms with E-state index in [1.165, 1.54) is 36.1 Å². The van der Waals surface area contributed by atoms with Crippen LogP contribution in [-0.4, -0.2) is 11.8 Å². The summed E-state index contributed by atoms with van der Waals surface area (Å²) in [5.74, 6) is 0.916. The minimum absolute atomic E-state index is 0.457. The van der Waals surface area contributed by atoms with Crippen molar-refractivity contribution in [1.29, 1.82) is 0 Å². The normalized spacial score (nSPS) is 25.2. The predicted octanol–water partition coefficient (Wildman–Crippen LogP) is 5.03. The second kappa shape index (κ2) is 7.35. The average molecular weight is 277 g/mol. The van der Waals surface area contributed by atoms with E-state index in [2.05, 4.69) is 62.1 Å². The fourth-order valence-corrected chi connectivity index (χ4v) is 4.32. The monoisotopic (exact) mass is 277 g/mol. The summed E-state index contributed by atoms with van der Waals surface area (Å²) < 4.78 is 0. The van der Waals surface area contributed by atoms with Gasteiger partial charge >= 0.3 is 0 Å². The highest BCUT2D eigenvalue weighted by Gasteiger charge is 2.19. The Bertz CT molecular complexity index is 373. The smallest absolute Gasteiger partial charge is 0.0291 e. The molecule has 19 heavy (non-hydrogen) atoms. The molecule has 106 valence electrons. The molecule has 0 bridgehead atoms. The lowest BCUT2D eigenvalue weighted by Crippen LogP contribution is -2.17. The second-order valence-electron chi connectivity index (χ2n) is 5.86. The standard InChI is InChI=1S/C17H27NS/c1-4-18-14(3)15-8-10-16(11-9-15)19-17-7-5-6-13(2)12-17/h8-11,13-14,17-18H,4-7,12H2,1-3H3. The molecule has 1 fully saturated rings. The third-order valence-corrected chi connectivity index (χ3v) is 5.39. The van der Waals surface area contributed by atoms with Gasteiger partial charge in [0.1, 0.15) is 0 Å². The van der Waals surface area contributed by atoms with Gasteiger partial charge in [0.15, 0.2) is 0 Å². The van der Waals surface area contributed by atoms with E-state index < -0.39 is 0 Å². The minimum Gasteiger partial charge on any atom is -0.310 e. The number of hydrogen-bond donors (Lipinski definition) is 1. The topological polar surface area (TPSA) is 12.0 Å². The van der Waals surface area contributed by atoms with Crippen LogP contribution >= 0.6 is 11.8 Å². The van der Waals surface area contributed by atoms with E-state index in [1.54, 1.807) is 0 Å². The molecule has 1 nitrogen and oxygen atoms in total. The maximum absolute atomic E-state index is 3.46. The summed E-state index contributed by atoms with van der Waals surface area (Å²) in [6.45, 7) is 7.81. The molecule has 1 aliphatic carbocycles. The van der Waals surface area contributed by atoms with E-state index in [4.69, 9.17) is 0 Å². The van der Waals surface area contributed by atoms with Crippen molar-refractivity contribution in [3.63, 3.8) is 0 Å². The summed E-state index contributed by atoms with van der Waals surface area (Å²) in [6.07, 6.45) is 5.62. The third-order valence-electron chi connectivity index (χ3n) is 4.08. The summed E-state index contributed by atoms with van der Waals surface area (Å²) in [4.78, 5) is 1.44. The summed E-state index contributed by atoms with van der Waals surface area (Å²) in [7, 11) is 0. The number of nitrogens with one attached hydrogen (secondary N) is 1. The van der Waals surface area contributed by atoms with Crippen molar-refractivity contribution in [2.45, 2.75) is 62.6 Å². The molecule has 0 radical (unpaired) electrons. The van der Waals surface area contributed by atoms with Crippen LogP contribution in [0.2, 0.25) is 0 Å². The van der Waals surface area contributed by atoms with E-state index in [9.17, 15) is 0 Å². The van der Waals surface area contributed by atoms with Crippen LogP contribution in [-0.2, 0) is 0 Å². The largest absolute Gasteiger partial charge is 0.310 e. The van der Waals surface area contributed by atoms with Crippen LogP contribution in [0.25, 0.3) is 0 Å². The van der Waals surface area contributed by atoms with E-state index in [0.717, 1.165) is 17.7 Å². The quantitative estimate of drug-likeness (QED) is 0.810. The zero-order chi connectivity index (χ0) is 13.7. The lowest BCUT2D eigenvalue weighted by molar-refractivity contribution is 0.394. The molecule has 0 aromatic heterocycles. The van der Waals surface area contributed by atoms with Gasteiger partial charge in [-0.2, -0.15) is 0 Å². The lowest BCUT2D eigenvalue weighted by Gasteiger charge is -2.26. The van der Waals surface area contributed by atoms with Gasteiger partial charge in [-0.15, -0.1) is 11.8 Å². The Hall–Kier alpha value is -0.470. The number of rotatable bonds is 5. The lowest BCUT2D eigenvalue weighted by atomic mass is 9.91. The fourth-order valence-electron chi connectivity index (χ4n) is 2.94. The van der Waals surface area contributed by atoms with E-state index in [1.807, 2.05) is 0 Å². The maximum Gasteiger partial charge on any atom is 0.0291 e. The SMILES string of the molecule is CCNC(C)c1ccc(SC2CCCC(C)C2)cc1. The molecule has 3 atom stereocenters. The number of thioether (sulfide) groups is 1. The zero-order valence-electron chi connectivity index (χ0n) is 12.5. The first-order valence-electron chi connectivity index (χ1n) is 7.69. The molecule has 1 N–H and O–H groups in total. The van der Waals surface area contributed by atoms with E-state index in [0.29, 0.717) is 6.04 Å². The zero-order valence-corrected chi connectivity index (χ0v) is 13.3. The summed E-state index contributed by atoms with van der Waals surface area (Å²) in [6, 6.07) is 9.61. The predicted molar refractivity (Wildman–Crippen MR) is 85.8 cm³/mol. The molecule has 0 spiro atoms. The van der Waals surface area contributed by atoms with Gasteiger partial charge < -0.3 is 5.32 Å². The van der Waals surface area contributed by atoms with Crippen molar-refractivity contribution in [3.05, 3.63) is 29.8 Å². The Morgan fingerprint density at radius 1 is 1.26 bits per heavy atom. The molecule has 1 aliphatic rings. The summed E-state index contributed by atoms with van der Waals surface area (Å²) in [5, 5.41) is 4.30. The first-order valence-corrected chi connectivity index (χ1v) is 8.57. The van der Waals surface area contributed by atoms with Gasteiger partial charge in [-0.3, -0.25) is 0 Å². The van der Waals surface area contributed by atoms with Crippen molar-refractivity contribution in [3.8, 4) is 0 Å². The van der Waals surface area contributed by atoms with Crippen LogP contribution in [0.15, 0.2) is 29.2 Å². The molecular weight excluding hydrogens is 250 g/mol. The second-order valence-corrected chi connectivity index (χ2v) is 7.23. The van der Waals surface area contributed by atoms with Crippen LogP contribution in [0.4, 0.5) is 0 Å². The van der Waals surface area contributed by atoms with Gasteiger partial charge in [0.2, 0.25) is 0 Å². The molecule has 2 rings (SSSR count). The molecule has 0 saturated heterocycles. The van der Waals surface area contributed by atoms with Crippen molar-refractivity contribution in [1.82, 2.24) is 5.32 Å². The Morgan fingerprint density at radius 2 is 2.00 bits per heavy atom. The van der Waals surface area contributed by atoms with Crippen LogP contribution in [0.3, 0.4) is 0 Å². The van der Waals surface area contributed by atoms with E-state index in [-0.39, 0.29) is 0 Å². The Morgan fingerprint density at radius 3 is 2.63 bits per heavy atom. The maximum atomic E-state index is 3.46. The average Bonchev–Trinajstić information content (AvgIpc) is 2.40. The molecule has 2 heteroatoms. The number of benzene rings is 1. The van der Waals surface area contributed by atoms with Crippen molar-refractivity contribution < 1.29 is 0 Å². The van der Waals surface area contributed by atoms with Crippen molar-refractivity contribution in [2.75, 3.05) is 6.54 Å². The summed E-state index contributed by atoms with van der Waals surface area (Å²) >= 11 is 2.08. The highest BCUT2D eigenvalue weighted by Crippen LogP contribution is 2.36. The van der Waals surface area contributed by atoms with Crippen LogP contribution in [0, 0.1) is 5.92 Å². The van der Waals surface area contributed by atoms with Gasteiger partial charge in [0.05, 0.1) is 0 Å². The van der Waals surface area contributed by atoms with Crippen molar-refractivity contribution >= 4 is 11.8 Å². The highest BCUT2D eigenvalue weighted by molar-refractivity contribution is 8.00. The number of hydrogen-bond acceptors (Lipinski definition) is 2. The Kier molecular flexibility index (Phi) is 5.77. The molecule has 1 saturated carbocycles.